The molecule has 1 heterocycles. The average Bonchev–Trinajstić information content (AvgIpc) is 3.19. The van der Waals surface area contributed by atoms with Crippen molar-refractivity contribution in [2.45, 2.75) is 31.3 Å². The van der Waals surface area contributed by atoms with Crippen LogP contribution in [0.2, 0.25) is 0 Å². The number of nitro benzene ring substituents is 1. The van der Waals surface area contributed by atoms with Crippen LogP contribution in [-0.4, -0.2) is 46.1 Å². The van der Waals surface area contributed by atoms with E-state index in [1.807, 2.05) is 0 Å². The summed E-state index contributed by atoms with van der Waals surface area (Å²) in [4.78, 5) is 24.1. The van der Waals surface area contributed by atoms with Crippen molar-refractivity contribution < 1.29 is 14.8 Å². The zero-order chi connectivity index (χ0) is 15.0. The monoisotopic (exact) mass is 291 g/mol. The SMILES string of the molecule is O=C(O)c1cccc(NC2CCN(C3CC3)C2)c1[N+](=O)[O-]. The third-order valence-electron chi connectivity index (χ3n) is 4.09. The number of nitrogens with zero attached hydrogens (tertiary/aromatic N) is 2. The lowest BCUT2D eigenvalue weighted by Crippen LogP contribution is -2.28. The Morgan fingerprint density at radius 3 is 2.76 bits per heavy atom. The number of anilines is 1. The van der Waals surface area contributed by atoms with Crippen LogP contribution >= 0.6 is 0 Å². The molecule has 7 heteroatoms. The Morgan fingerprint density at radius 1 is 1.38 bits per heavy atom. The Balaban J connectivity index is 1.80. The van der Waals surface area contributed by atoms with Gasteiger partial charge < -0.3 is 10.4 Å². The van der Waals surface area contributed by atoms with Crippen molar-refractivity contribution in [1.29, 1.82) is 0 Å². The largest absolute Gasteiger partial charge is 0.477 e. The van der Waals surface area contributed by atoms with Gasteiger partial charge in [-0.1, -0.05) is 6.07 Å². The lowest BCUT2D eigenvalue weighted by Gasteiger charge is -2.17. The molecule has 112 valence electrons. The van der Waals surface area contributed by atoms with E-state index >= 15 is 0 Å². The summed E-state index contributed by atoms with van der Waals surface area (Å²) in [5.41, 5.74) is -0.334. The first-order chi connectivity index (χ1) is 10.1. The van der Waals surface area contributed by atoms with Crippen molar-refractivity contribution in [3.05, 3.63) is 33.9 Å². The summed E-state index contributed by atoms with van der Waals surface area (Å²) in [5, 5.41) is 23.4. The highest BCUT2D eigenvalue weighted by molar-refractivity contribution is 5.95. The predicted octanol–water partition coefficient (Wildman–Crippen LogP) is 1.94. The van der Waals surface area contributed by atoms with Crippen molar-refractivity contribution in [1.82, 2.24) is 4.90 Å². The van der Waals surface area contributed by atoms with Gasteiger partial charge >= 0.3 is 11.7 Å². The van der Waals surface area contributed by atoms with Crippen LogP contribution < -0.4 is 5.32 Å². The Hall–Kier alpha value is -2.15. The summed E-state index contributed by atoms with van der Waals surface area (Å²) in [5.74, 6) is -1.28. The maximum atomic E-state index is 11.2. The highest BCUT2D eigenvalue weighted by atomic mass is 16.6. The van der Waals surface area contributed by atoms with Gasteiger partial charge in [-0.05, 0) is 31.4 Å². The lowest BCUT2D eigenvalue weighted by molar-refractivity contribution is -0.384. The molecule has 0 aromatic heterocycles. The van der Waals surface area contributed by atoms with Gasteiger partial charge in [0.1, 0.15) is 11.3 Å². The van der Waals surface area contributed by atoms with Gasteiger partial charge in [0.05, 0.1) is 4.92 Å². The van der Waals surface area contributed by atoms with Crippen molar-refractivity contribution >= 4 is 17.3 Å². The van der Waals surface area contributed by atoms with E-state index in [-0.39, 0.29) is 17.3 Å². The Bertz CT molecular complexity index is 586. The van der Waals surface area contributed by atoms with Gasteiger partial charge in [-0.15, -0.1) is 0 Å². The molecule has 1 aliphatic heterocycles. The summed E-state index contributed by atoms with van der Waals surface area (Å²) in [6, 6.07) is 5.18. The van der Waals surface area contributed by atoms with Crippen molar-refractivity contribution in [3.63, 3.8) is 0 Å². The molecule has 1 atom stereocenters. The van der Waals surface area contributed by atoms with Gasteiger partial charge in [-0.3, -0.25) is 15.0 Å². The molecular weight excluding hydrogens is 274 g/mol. The number of nitrogens with one attached hydrogen (secondary N) is 1. The molecule has 0 amide bonds. The normalized spacial score (nSPS) is 22.2. The fraction of sp³-hybridized carbons (Fsp3) is 0.500. The number of likely N-dealkylation sites (tertiary alicyclic amines) is 1. The second kappa shape index (κ2) is 5.33. The minimum Gasteiger partial charge on any atom is -0.477 e. The number of hydrogen-bond donors (Lipinski definition) is 2. The number of benzene rings is 1. The Morgan fingerprint density at radius 2 is 2.14 bits per heavy atom. The highest BCUT2D eigenvalue weighted by Crippen LogP contribution is 2.33. The van der Waals surface area contributed by atoms with E-state index in [0.29, 0.717) is 11.7 Å². The number of carboxylic acid groups (broad SMARTS) is 1. The van der Waals surface area contributed by atoms with Crippen LogP contribution in [0.3, 0.4) is 0 Å². The molecule has 3 rings (SSSR count). The van der Waals surface area contributed by atoms with Crippen LogP contribution in [0.15, 0.2) is 18.2 Å². The predicted molar refractivity (Wildman–Crippen MR) is 76.7 cm³/mol. The minimum absolute atomic E-state index is 0.133. The number of aromatic carboxylic acids is 1. The molecule has 1 unspecified atom stereocenters. The molecule has 1 saturated carbocycles. The van der Waals surface area contributed by atoms with Gasteiger partial charge in [0.2, 0.25) is 0 Å². The van der Waals surface area contributed by atoms with Crippen LogP contribution in [0.5, 0.6) is 0 Å². The molecule has 2 N–H and O–H groups in total. The van der Waals surface area contributed by atoms with E-state index in [4.69, 9.17) is 5.11 Å². The molecule has 2 aliphatic rings. The molecular formula is C14H17N3O4. The molecule has 2 fully saturated rings. The molecule has 1 saturated heterocycles. The van der Waals surface area contributed by atoms with E-state index < -0.39 is 10.9 Å². The van der Waals surface area contributed by atoms with Crippen LogP contribution in [-0.2, 0) is 0 Å². The second-order valence-corrected chi connectivity index (χ2v) is 5.62. The van der Waals surface area contributed by atoms with Gasteiger partial charge in [0.15, 0.2) is 0 Å². The van der Waals surface area contributed by atoms with E-state index in [1.165, 1.54) is 25.0 Å². The van der Waals surface area contributed by atoms with Crippen LogP contribution in [0.1, 0.15) is 29.6 Å². The third kappa shape index (κ3) is 2.82. The first kappa shape index (κ1) is 13.8. The first-order valence-electron chi connectivity index (χ1n) is 7.07. The lowest BCUT2D eigenvalue weighted by atomic mass is 10.1. The smallest absolute Gasteiger partial charge is 0.342 e. The van der Waals surface area contributed by atoms with Gasteiger partial charge in [0, 0.05) is 25.2 Å². The van der Waals surface area contributed by atoms with Crippen molar-refractivity contribution in [2.75, 3.05) is 18.4 Å². The zero-order valence-corrected chi connectivity index (χ0v) is 11.5. The minimum atomic E-state index is -1.28. The average molecular weight is 291 g/mol. The number of carbonyl (C=O) groups is 1. The molecule has 1 aromatic carbocycles. The second-order valence-electron chi connectivity index (χ2n) is 5.62. The van der Waals surface area contributed by atoms with Gasteiger partial charge in [0.25, 0.3) is 0 Å². The van der Waals surface area contributed by atoms with E-state index in [1.54, 1.807) is 6.07 Å². The van der Waals surface area contributed by atoms with Crippen LogP contribution in [0, 0.1) is 10.1 Å². The van der Waals surface area contributed by atoms with Gasteiger partial charge in [-0.2, -0.15) is 0 Å². The maximum absolute atomic E-state index is 11.2. The molecule has 0 bridgehead atoms. The number of nitro groups is 1. The first-order valence-corrected chi connectivity index (χ1v) is 7.07. The summed E-state index contributed by atoms with van der Waals surface area (Å²) < 4.78 is 0. The fourth-order valence-electron chi connectivity index (χ4n) is 2.93. The quantitative estimate of drug-likeness (QED) is 0.636. The van der Waals surface area contributed by atoms with Gasteiger partial charge in [-0.25, -0.2) is 4.79 Å². The molecule has 1 aromatic rings. The number of hydrogen-bond acceptors (Lipinski definition) is 5. The third-order valence-corrected chi connectivity index (χ3v) is 4.09. The van der Waals surface area contributed by atoms with Crippen LogP contribution in [0.25, 0.3) is 0 Å². The fourth-order valence-corrected chi connectivity index (χ4v) is 2.93. The standard InChI is InChI=1S/C14H17N3O4/c18-14(19)11-2-1-3-12(13(11)17(20)21)15-9-6-7-16(8-9)10-4-5-10/h1-3,9-10,15H,4-8H2,(H,18,19). The topological polar surface area (TPSA) is 95.7 Å². The van der Waals surface area contributed by atoms with Crippen molar-refractivity contribution in [3.8, 4) is 0 Å². The molecule has 1 aliphatic carbocycles. The zero-order valence-electron chi connectivity index (χ0n) is 11.5. The Kier molecular flexibility index (Phi) is 3.50. The summed E-state index contributed by atoms with van der Waals surface area (Å²) in [7, 11) is 0. The number of carboxylic acids is 1. The summed E-state index contributed by atoms with van der Waals surface area (Å²) in [6.07, 6.45) is 3.40. The van der Waals surface area contributed by atoms with E-state index in [9.17, 15) is 14.9 Å². The molecule has 7 nitrogen and oxygen atoms in total. The molecule has 21 heavy (non-hydrogen) atoms. The number of rotatable bonds is 5. The maximum Gasteiger partial charge on any atom is 0.342 e. The van der Waals surface area contributed by atoms with Crippen LogP contribution in [0.4, 0.5) is 11.4 Å². The van der Waals surface area contributed by atoms with E-state index in [0.717, 1.165) is 19.5 Å². The van der Waals surface area contributed by atoms with Crippen molar-refractivity contribution in [2.24, 2.45) is 0 Å². The highest BCUT2D eigenvalue weighted by Gasteiger charge is 2.35. The molecule has 0 radical (unpaired) electrons. The Labute approximate surface area is 121 Å². The summed E-state index contributed by atoms with van der Waals surface area (Å²) in [6.45, 7) is 1.86. The van der Waals surface area contributed by atoms with E-state index in [2.05, 4.69) is 10.2 Å². The molecule has 0 spiro atoms. The number of para-hydroxylation sites is 1. The summed E-state index contributed by atoms with van der Waals surface area (Å²) >= 11 is 0.